The van der Waals surface area contributed by atoms with Crippen molar-refractivity contribution in [1.29, 1.82) is 0 Å². The summed E-state index contributed by atoms with van der Waals surface area (Å²) in [7, 11) is 1.76. The van der Waals surface area contributed by atoms with Gasteiger partial charge in [-0.3, -0.25) is 15.0 Å². The Bertz CT molecular complexity index is 1100. The maximum absolute atomic E-state index is 12.7. The quantitative estimate of drug-likeness (QED) is 0.487. The lowest BCUT2D eigenvalue weighted by molar-refractivity contribution is 0.0798. The molecular formula is C20H28N8O2. The van der Waals surface area contributed by atoms with Crippen molar-refractivity contribution in [3.63, 3.8) is 0 Å². The van der Waals surface area contributed by atoms with E-state index in [1.807, 2.05) is 27.7 Å². The van der Waals surface area contributed by atoms with Crippen molar-refractivity contribution in [2.45, 2.75) is 33.7 Å². The molecule has 3 heterocycles. The Morgan fingerprint density at radius 1 is 1.23 bits per heavy atom. The number of pyridine rings is 1. The molecule has 3 rings (SSSR count). The van der Waals surface area contributed by atoms with Gasteiger partial charge >= 0.3 is 0 Å². The lowest BCUT2D eigenvalue weighted by Crippen LogP contribution is -2.42. The van der Waals surface area contributed by atoms with Gasteiger partial charge in [-0.15, -0.1) is 5.10 Å². The summed E-state index contributed by atoms with van der Waals surface area (Å²) in [6, 6.07) is 5.29. The van der Waals surface area contributed by atoms with Crippen molar-refractivity contribution < 1.29 is 4.79 Å². The molecule has 0 fully saturated rings. The summed E-state index contributed by atoms with van der Waals surface area (Å²) in [6.07, 6.45) is 3.24. The third kappa shape index (κ3) is 4.13. The standard InChI is InChI=1S/C20H28N8O2/c1-6-26(7-2)25-19(29)16-12-22-18-15(21-5)11-17(24-28(16)18)23-14-9-8-10-27(13(3)4)20(14)30/h8-13,21H,6-7H2,1-5H3,(H,23,24)(H,25,29). The van der Waals surface area contributed by atoms with E-state index < -0.39 is 0 Å². The number of hydrazine groups is 1. The second-order valence-corrected chi connectivity index (χ2v) is 7.04. The van der Waals surface area contributed by atoms with Crippen LogP contribution in [0.5, 0.6) is 0 Å². The Kier molecular flexibility index (Phi) is 6.36. The number of rotatable bonds is 8. The number of amides is 1. The second-order valence-electron chi connectivity index (χ2n) is 7.04. The highest BCUT2D eigenvalue weighted by Crippen LogP contribution is 2.21. The molecule has 160 valence electrons. The molecule has 0 atom stereocenters. The molecule has 10 heteroatoms. The number of anilines is 3. The maximum Gasteiger partial charge on any atom is 0.285 e. The predicted molar refractivity (Wildman–Crippen MR) is 117 cm³/mol. The van der Waals surface area contributed by atoms with Gasteiger partial charge in [-0.1, -0.05) is 13.8 Å². The molecule has 30 heavy (non-hydrogen) atoms. The van der Waals surface area contributed by atoms with Gasteiger partial charge in [0.05, 0.1) is 11.9 Å². The number of carbonyl (C=O) groups excluding carboxylic acids is 1. The maximum atomic E-state index is 12.7. The molecule has 0 unspecified atom stereocenters. The van der Waals surface area contributed by atoms with Gasteiger partial charge in [-0.05, 0) is 26.0 Å². The van der Waals surface area contributed by atoms with Crippen molar-refractivity contribution in [1.82, 2.24) is 29.6 Å². The molecule has 3 aromatic heterocycles. The fraction of sp³-hybridized carbons (Fsp3) is 0.400. The molecule has 1 amide bonds. The van der Waals surface area contributed by atoms with E-state index in [9.17, 15) is 9.59 Å². The third-order valence-corrected chi connectivity index (χ3v) is 4.79. The van der Waals surface area contributed by atoms with Crippen LogP contribution in [-0.2, 0) is 0 Å². The number of nitrogens with one attached hydrogen (secondary N) is 3. The zero-order chi connectivity index (χ0) is 21.8. The van der Waals surface area contributed by atoms with Gasteiger partial charge in [0, 0.05) is 38.4 Å². The van der Waals surface area contributed by atoms with E-state index in [1.165, 1.54) is 10.7 Å². The van der Waals surface area contributed by atoms with Crippen molar-refractivity contribution >= 4 is 28.7 Å². The lowest BCUT2D eigenvalue weighted by atomic mass is 10.3. The van der Waals surface area contributed by atoms with Crippen molar-refractivity contribution in [3.05, 3.63) is 46.6 Å². The number of hydrogen-bond acceptors (Lipinski definition) is 7. The first-order valence-corrected chi connectivity index (χ1v) is 10.00. The largest absolute Gasteiger partial charge is 0.385 e. The first-order valence-electron chi connectivity index (χ1n) is 10.00. The monoisotopic (exact) mass is 412 g/mol. The number of aromatic nitrogens is 4. The van der Waals surface area contributed by atoms with Crippen LogP contribution < -0.4 is 21.6 Å². The molecule has 0 aliphatic carbocycles. The van der Waals surface area contributed by atoms with Gasteiger partial charge in [0.1, 0.15) is 5.69 Å². The third-order valence-electron chi connectivity index (χ3n) is 4.79. The van der Waals surface area contributed by atoms with Crippen LogP contribution in [-0.4, -0.2) is 50.2 Å². The molecule has 0 saturated heterocycles. The van der Waals surface area contributed by atoms with Crippen LogP contribution in [0.15, 0.2) is 35.4 Å². The summed E-state index contributed by atoms with van der Waals surface area (Å²) in [6.45, 7) is 9.17. The van der Waals surface area contributed by atoms with Crippen LogP contribution in [0.3, 0.4) is 0 Å². The first kappa shape index (κ1) is 21.3. The summed E-state index contributed by atoms with van der Waals surface area (Å²) in [5, 5.41) is 12.4. The molecule has 0 saturated carbocycles. The van der Waals surface area contributed by atoms with E-state index >= 15 is 0 Å². The SMILES string of the molecule is CCN(CC)NC(=O)c1cnc2c(NC)cc(Nc3cccn(C(C)C)c3=O)nn12. The minimum atomic E-state index is -0.306. The zero-order valence-electron chi connectivity index (χ0n) is 17.9. The van der Waals surface area contributed by atoms with Gasteiger partial charge in [0.15, 0.2) is 17.2 Å². The number of imidazole rings is 1. The summed E-state index contributed by atoms with van der Waals surface area (Å²) in [5.74, 6) is 0.111. The second kappa shape index (κ2) is 8.95. The normalized spacial score (nSPS) is 11.3. The van der Waals surface area contributed by atoms with Gasteiger partial charge in [-0.2, -0.15) is 0 Å². The van der Waals surface area contributed by atoms with Crippen LogP contribution in [0.25, 0.3) is 5.65 Å². The number of nitrogens with zero attached hydrogens (tertiary/aromatic N) is 5. The smallest absolute Gasteiger partial charge is 0.285 e. The molecule has 10 nitrogen and oxygen atoms in total. The Balaban J connectivity index is 2.02. The number of carbonyl (C=O) groups is 1. The lowest BCUT2D eigenvalue weighted by Gasteiger charge is -2.19. The Morgan fingerprint density at radius 3 is 2.60 bits per heavy atom. The van der Waals surface area contributed by atoms with Crippen molar-refractivity contribution in [2.24, 2.45) is 0 Å². The Labute approximate surface area is 174 Å². The Hall–Kier alpha value is -3.40. The summed E-state index contributed by atoms with van der Waals surface area (Å²) in [5.41, 5.74) is 4.58. The fourth-order valence-corrected chi connectivity index (χ4v) is 3.10. The van der Waals surface area contributed by atoms with Crippen LogP contribution >= 0.6 is 0 Å². The van der Waals surface area contributed by atoms with E-state index in [0.717, 1.165) is 0 Å². The van der Waals surface area contributed by atoms with Gasteiger partial charge < -0.3 is 15.2 Å². The molecule has 0 aromatic carbocycles. The van der Waals surface area contributed by atoms with Gasteiger partial charge in [-0.25, -0.2) is 14.5 Å². The molecule has 0 radical (unpaired) electrons. The van der Waals surface area contributed by atoms with E-state index in [1.54, 1.807) is 41.0 Å². The first-order chi connectivity index (χ1) is 14.4. The molecule has 0 bridgehead atoms. The van der Waals surface area contributed by atoms with E-state index in [4.69, 9.17) is 0 Å². The van der Waals surface area contributed by atoms with Crippen LogP contribution in [0.1, 0.15) is 44.2 Å². The van der Waals surface area contributed by atoms with Crippen LogP contribution in [0.2, 0.25) is 0 Å². The zero-order valence-corrected chi connectivity index (χ0v) is 17.9. The summed E-state index contributed by atoms with van der Waals surface area (Å²) >= 11 is 0. The highest BCUT2D eigenvalue weighted by molar-refractivity contribution is 5.93. The molecule has 3 N–H and O–H groups in total. The fourth-order valence-electron chi connectivity index (χ4n) is 3.10. The van der Waals surface area contributed by atoms with E-state index in [0.29, 0.717) is 41.6 Å². The average Bonchev–Trinajstić information content (AvgIpc) is 3.16. The van der Waals surface area contributed by atoms with Crippen LogP contribution in [0, 0.1) is 0 Å². The van der Waals surface area contributed by atoms with Crippen LogP contribution in [0.4, 0.5) is 17.2 Å². The number of fused-ring (bicyclic) bond motifs is 1. The minimum Gasteiger partial charge on any atom is -0.385 e. The summed E-state index contributed by atoms with van der Waals surface area (Å²) < 4.78 is 3.11. The topological polar surface area (TPSA) is 109 Å². The molecular weight excluding hydrogens is 384 g/mol. The van der Waals surface area contributed by atoms with Gasteiger partial charge in [0.2, 0.25) is 0 Å². The number of hydrogen-bond donors (Lipinski definition) is 3. The minimum absolute atomic E-state index is 0.0339. The summed E-state index contributed by atoms with van der Waals surface area (Å²) in [4.78, 5) is 29.8. The molecule has 0 aliphatic heterocycles. The highest BCUT2D eigenvalue weighted by atomic mass is 16.2. The molecule has 0 spiro atoms. The molecule has 0 aliphatic rings. The highest BCUT2D eigenvalue weighted by Gasteiger charge is 2.18. The molecule has 3 aromatic rings. The Morgan fingerprint density at radius 2 is 1.97 bits per heavy atom. The average molecular weight is 412 g/mol. The van der Waals surface area contributed by atoms with E-state index in [-0.39, 0.29) is 17.5 Å². The van der Waals surface area contributed by atoms with Crippen molar-refractivity contribution in [2.75, 3.05) is 30.8 Å². The van der Waals surface area contributed by atoms with Crippen molar-refractivity contribution in [3.8, 4) is 0 Å². The van der Waals surface area contributed by atoms with E-state index in [2.05, 4.69) is 26.1 Å². The van der Waals surface area contributed by atoms with Gasteiger partial charge in [0.25, 0.3) is 11.5 Å². The predicted octanol–water partition coefficient (Wildman–Crippen LogP) is 2.24.